The molecule has 0 saturated heterocycles. The molecule has 0 spiro atoms. The van der Waals surface area contributed by atoms with E-state index in [-0.39, 0.29) is 18.5 Å². The van der Waals surface area contributed by atoms with Crippen molar-refractivity contribution >= 4 is 23.2 Å². The molecular weight excluding hydrogens is 300 g/mol. The number of aryl methyl sites for hydroxylation is 1. The van der Waals surface area contributed by atoms with E-state index >= 15 is 0 Å². The molecule has 1 N–H and O–H groups in total. The van der Waals surface area contributed by atoms with Crippen molar-refractivity contribution in [1.29, 1.82) is 0 Å². The highest BCUT2D eigenvalue weighted by Crippen LogP contribution is 2.22. The predicted molar refractivity (Wildman–Crippen MR) is 86.1 cm³/mol. The van der Waals surface area contributed by atoms with Gasteiger partial charge in [-0.2, -0.15) is 0 Å². The van der Waals surface area contributed by atoms with Gasteiger partial charge >= 0.3 is 5.97 Å². The number of aromatic nitrogens is 1. The molecule has 0 unspecified atom stereocenters. The van der Waals surface area contributed by atoms with Crippen LogP contribution in [0.2, 0.25) is 0 Å². The molecule has 22 heavy (non-hydrogen) atoms. The van der Waals surface area contributed by atoms with Gasteiger partial charge in [-0.05, 0) is 32.9 Å². The minimum Gasteiger partial charge on any atom is -0.480 e. The molecule has 0 atom stereocenters. The maximum atomic E-state index is 12.4. The van der Waals surface area contributed by atoms with Crippen LogP contribution >= 0.6 is 11.3 Å². The van der Waals surface area contributed by atoms with Crippen LogP contribution in [0.1, 0.15) is 29.2 Å². The summed E-state index contributed by atoms with van der Waals surface area (Å²) < 4.78 is 0. The van der Waals surface area contributed by atoms with Crippen molar-refractivity contribution in [3.05, 3.63) is 40.2 Å². The van der Waals surface area contributed by atoms with Gasteiger partial charge in [-0.15, -0.1) is 11.3 Å². The summed E-state index contributed by atoms with van der Waals surface area (Å²) in [5, 5.41) is 11.9. The molecule has 6 heteroatoms. The lowest BCUT2D eigenvalue weighted by Gasteiger charge is -2.25. The van der Waals surface area contributed by atoms with Crippen molar-refractivity contribution in [2.75, 3.05) is 6.54 Å². The number of amides is 1. The smallest absolute Gasteiger partial charge is 0.323 e. The summed E-state index contributed by atoms with van der Waals surface area (Å²) in [7, 11) is 0. The summed E-state index contributed by atoms with van der Waals surface area (Å²) in [6.45, 7) is 5.24. The molecule has 1 aromatic carbocycles. The molecule has 0 aliphatic carbocycles. The first-order valence-corrected chi connectivity index (χ1v) is 7.81. The normalized spacial score (nSPS) is 10.7. The standard InChI is InChI=1S/C16H18N2O3S/c1-10(2)18(8-15(19)20)16(21)13-6-4-12(5-7-13)14-9-22-11(3)17-14/h4-7,9-10H,8H2,1-3H3,(H,19,20). The molecule has 0 aliphatic heterocycles. The Kier molecular flexibility index (Phi) is 4.92. The topological polar surface area (TPSA) is 70.5 Å². The lowest BCUT2D eigenvalue weighted by atomic mass is 10.1. The number of benzene rings is 1. The molecule has 0 bridgehead atoms. The lowest BCUT2D eigenvalue weighted by molar-refractivity contribution is -0.138. The number of thiazole rings is 1. The Labute approximate surface area is 133 Å². The monoisotopic (exact) mass is 318 g/mol. The zero-order valence-electron chi connectivity index (χ0n) is 12.7. The first-order valence-electron chi connectivity index (χ1n) is 6.94. The second-order valence-corrected chi connectivity index (χ2v) is 6.31. The van der Waals surface area contributed by atoms with Gasteiger partial charge in [0.2, 0.25) is 0 Å². The van der Waals surface area contributed by atoms with Crippen LogP contribution in [0.5, 0.6) is 0 Å². The van der Waals surface area contributed by atoms with Gasteiger partial charge < -0.3 is 10.0 Å². The molecule has 0 fully saturated rings. The third-order valence-corrected chi connectivity index (χ3v) is 4.01. The van der Waals surface area contributed by atoms with E-state index in [0.717, 1.165) is 16.3 Å². The Morgan fingerprint density at radius 1 is 1.27 bits per heavy atom. The summed E-state index contributed by atoms with van der Waals surface area (Å²) >= 11 is 1.57. The SMILES string of the molecule is Cc1nc(-c2ccc(C(=O)N(CC(=O)O)C(C)C)cc2)cs1. The molecule has 0 aliphatic rings. The lowest BCUT2D eigenvalue weighted by Crippen LogP contribution is -2.40. The van der Waals surface area contributed by atoms with E-state index in [0.29, 0.717) is 5.56 Å². The van der Waals surface area contributed by atoms with Crippen LogP contribution in [0.25, 0.3) is 11.3 Å². The second-order valence-electron chi connectivity index (χ2n) is 5.25. The average Bonchev–Trinajstić information content (AvgIpc) is 2.90. The minimum atomic E-state index is -1.02. The number of carboxylic acids is 1. The summed E-state index contributed by atoms with van der Waals surface area (Å²) in [6.07, 6.45) is 0. The number of hydrogen-bond donors (Lipinski definition) is 1. The fourth-order valence-corrected chi connectivity index (χ4v) is 2.70. The quantitative estimate of drug-likeness (QED) is 0.920. The minimum absolute atomic E-state index is 0.176. The Morgan fingerprint density at radius 2 is 1.91 bits per heavy atom. The van der Waals surface area contributed by atoms with E-state index in [1.165, 1.54) is 4.90 Å². The van der Waals surface area contributed by atoms with Gasteiger partial charge in [0.15, 0.2) is 0 Å². The summed E-state index contributed by atoms with van der Waals surface area (Å²) in [4.78, 5) is 29.1. The Bertz CT molecular complexity index is 677. The van der Waals surface area contributed by atoms with Crippen molar-refractivity contribution in [2.24, 2.45) is 0 Å². The van der Waals surface area contributed by atoms with Gasteiger partial charge in [-0.25, -0.2) is 4.98 Å². The molecule has 2 rings (SSSR count). The van der Waals surface area contributed by atoms with Crippen molar-refractivity contribution in [3.8, 4) is 11.3 Å². The van der Waals surface area contributed by atoms with Crippen LogP contribution in [0, 0.1) is 6.92 Å². The van der Waals surface area contributed by atoms with E-state index < -0.39 is 5.97 Å². The number of rotatable bonds is 5. The first-order chi connectivity index (χ1) is 10.4. The highest BCUT2D eigenvalue weighted by Gasteiger charge is 2.21. The van der Waals surface area contributed by atoms with Crippen LogP contribution in [-0.4, -0.2) is 39.5 Å². The van der Waals surface area contributed by atoms with Gasteiger partial charge in [-0.3, -0.25) is 9.59 Å². The number of carboxylic acid groups (broad SMARTS) is 1. The molecule has 0 saturated carbocycles. The van der Waals surface area contributed by atoms with Crippen LogP contribution in [0.4, 0.5) is 0 Å². The zero-order valence-corrected chi connectivity index (χ0v) is 13.6. The molecule has 2 aromatic rings. The summed E-state index contributed by atoms with van der Waals surface area (Å²) in [5.74, 6) is -1.30. The number of nitrogens with zero attached hydrogens (tertiary/aromatic N) is 2. The van der Waals surface area contributed by atoms with Crippen molar-refractivity contribution < 1.29 is 14.7 Å². The van der Waals surface area contributed by atoms with Gasteiger partial charge in [-0.1, -0.05) is 12.1 Å². The molecule has 1 heterocycles. The average molecular weight is 318 g/mol. The second kappa shape index (κ2) is 6.70. The van der Waals surface area contributed by atoms with E-state index in [1.807, 2.05) is 24.4 Å². The molecule has 0 radical (unpaired) electrons. The van der Waals surface area contributed by atoms with E-state index in [9.17, 15) is 9.59 Å². The largest absolute Gasteiger partial charge is 0.480 e. The van der Waals surface area contributed by atoms with Crippen molar-refractivity contribution in [1.82, 2.24) is 9.88 Å². The van der Waals surface area contributed by atoms with Crippen LogP contribution in [0.3, 0.4) is 0 Å². The van der Waals surface area contributed by atoms with Crippen LogP contribution < -0.4 is 0 Å². The summed E-state index contributed by atoms with van der Waals surface area (Å²) in [6, 6.07) is 6.92. The highest BCUT2D eigenvalue weighted by atomic mass is 32.1. The number of aliphatic carboxylic acids is 1. The highest BCUT2D eigenvalue weighted by molar-refractivity contribution is 7.09. The molecule has 1 aromatic heterocycles. The Balaban J connectivity index is 2.21. The first kappa shape index (κ1) is 16.2. The van der Waals surface area contributed by atoms with Gasteiger partial charge in [0.1, 0.15) is 6.54 Å². The van der Waals surface area contributed by atoms with Gasteiger partial charge in [0.25, 0.3) is 5.91 Å². The van der Waals surface area contributed by atoms with Crippen molar-refractivity contribution in [2.45, 2.75) is 26.8 Å². The zero-order chi connectivity index (χ0) is 16.3. The molecule has 1 amide bonds. The number of hydrogen-bond acceptors (Lipinski definition) is 4. The van der Waals surface area contributed by atoms with Crippen LogP contribution in [0.15, 0.2) is 29.6 Å². The third kappa shape index (κ3) is 3.71. The summed E-state index contributed by atoms with van der Waals surface area (Å²) in [5.41, 5.74) is 2.30. The molecule has 116 valence electrons. The number of carbonyl (C=O) groups excluding carboxylic acids is 1. The number of carbonyl (C=O) groups is 2. The van der Waals surface area contributed by atoms with Crippen LogP contribution in [-0.2, 0) is 4.79 Å². The Hall–Kier alpha value is -2.21. The maximum Gasteiger partial charge on any atom is 0.323 e. The third-order valence-electron chi connectivity index (χ3n) is 3.24. The van der Waals surface area contributed by atoms with Crippen molar-refractivity contribution in [3.63, 3.8) is 0 Å². The molecular formula is C16H18N2O3S. The predicted octanol–water partition coefficient (Wildman–Crippen LogP) is 3.05. The van der Waals surface area contributed by atoms with E-state index in [2.05, 4.69) is 4.98 Å². The van der Waals surface area contributed by atoms with Gasteiger partial charge in [0, 0.05) is 22.5 Å². The van der Waals surface area contributed by atoms with Gasteiger partial charge in [0.05, 0.1) is 10.7 Å². The fraction of sp³-hybridized carbons (Fsp3) is 0.312. The van der Waals surface area contributed by atoms with E-state index in [1.54, 1.807) is 37.3 Å². The fourth-order valence-electron chi connectivity index (χ4n) is 2.08. The maximum absolute atomic E-state index is 12.4. The molecule has 5 nitrogen and oxygen atoms in total. The van der Waals surface area contributed by atoms with E-state index in [4.69, 9.17) is 5.11 Å². The Morgan fingerprint density at radius 3 is 2.36 bits per heavy atom.